The first-order valence-electron chi connectivity index (χ1n) is 10.9. The van der Waals surface area contributed by atoms with E-state index in [1.165, 1.54) is 0 Å². The molecule has 1 aromatic heterocycles. The third-order valence-electron chi connectivity index (χ3n) is 6.19. The summed E-state index contributed by atoms with van der Waals surface area (Å²) >= 11 is 6.14. The number of aromatic nitrogens is 1. The minimum Gasteiger partial charge on any atom is -0.486 e. The van der Waals surface area contributed by atoms with E-state index in [1.807, 2.05) is 61.2 Å². The number of amides is 1. The number of benzene rings is 2. The predicted molar refractivity (Wildman–Crippen MR) is 126 cm³/mol. The summed E-state index contributed by atoms with van der Waals surface area (Å²) in [7, 11) is 0. The molecule has 0 saturated carbocycles. The minimum atomic E-state index is 0.0765. The molecule has 2 aliphatic heterocycles. The van der Waals surface area contributed by atoms with Crippen LogP contribution in [0.2, 0.25) is 5.02 Å². The third kappa shape index (κ3) is 3.79. The first-order chi connectivity index (χ1) is 15.5. The Bertz CT molecular complexity index is 1170. The lowest BCUT2D eigenvalue weighted by atomic mass is 10.2. The number of piperazine rings is 1. The van der Waals surface area contributed by atoms with E-state index in [-0.39, 0.29) is 5.91 Å². The molecule has 6 nitrogen and oxygen atoms in total. The smallest absolute Gasteiger partial charge is 0.255 e. The lowest BCUT2D eigenvalue weighted by Crippen LogP contribution is -2.48. The van der Waals surface area contributed by atoms with E-state index in [0.717, 1.165) is 57.9 Å². The Morgan fingerprint density at radius 1 is 0.875 bits per heavy atom. The summed E-state index contributed by atoms with van der Waals surface area (Å²) in [6.07, 6.45) is 0. The van der Waals surface area contributed by atoms with Crippen LogP contribution in [0.5, 0.6) is 11.5 Å². The summed E-state index contributed by atoms with van der Waals surface area (Å²) in [6.45, 7) is 8.07. The fraction of sp³-hybridized carbons (Fsp3) is 0.320. The lowest BCUT2D eigenvalue weighted by Gasteiger charge is -2.36. The van der Waals surface area contributed by atoms with Gasteiger partial charge in [-0.25, -0.2) is 0 Å². The maximum atomic E-state index is 13.4. The van der Waals surface area contributed by atoms with E-state index in [1.54, 1.807) is 0 Å². The summed E-state index contributed by atoms with van der Waals surface area (Å²) in [4.78, 5) is 17.6. The molecule has 166 valence electrons. The number of halogens is 1. The number of carbonyl (C=O) groups is 1. The Morgan fingerprint density at radius 3 is 2.38 bits per heavy atom. The highest BCUT2D eigenvalue weighted by molar-refractivity contribution is 6.30. The Hall–Kier alpha value is -3.12. The monoisotopic (exact) mass is 451 g/mol. The molecule has 0 bridgehead atoms. The average Bonchev–Trinajstić information content (AvgIpc) is 3.12. The minimum absolute atomic E-state index is 0.0765. The molecule has 7 heteroatoms. The summed E-state index contributed by atoms with van der Waals surface area (Å²) < 4.78 is 13.5. The van der Waals surface area contributed by atoms with Gasteiger partial charge in [-0.3, -0.25) is 4.79 Å². The van der Waals surface area contributed by atoms with Gasteiger partial charge >= 0.3 is 0 Å². The van der Waals surface area contributed by atoms with Gasteiger partial charge in [-0.1, -0.05) is 17.7 Å². The number of ether oxygens (including phenoxy) is 2. The van der Waals surface area contributed by atoms with E-state index >= 15 is 0 Å². The molecule has 2 aromatic carbocycles. The molecule has 32 heavy (non-hydrogen) atoms. The Balaban J connectivity index is 1.34. The van der Waals surface area contributed by atoms with E-state index in [0.29, 0.717) is 26.3 Å². The molecular formula is C25H26ClN3O3. The Morgan fingerprint density at radius 2 is 1.62 bits per heavy atom. The van der Waals surface area contributed by atoms with Gasteiger partial charge in [0.05, 0.1) is 5.56 Å². The lowest BCUT2D eigenvalue weighted by molar-refractivity contribution is 0.0746. The molecule has 1 saturated heterocycles. The van der Waals surface area contributed by atoms with E-state index in [9.17, 15) is 4.79 Å². The molecule has 3 heterocycles. The standard InChI is InChI=1S/C25H26ClN3O3/c1-17-14-22(18(2)29(17)21-6-7-23-24(16-21)32-13-12-31-23)25(30)28-10-8-27(9-11-28)20-5-3-4-19(26)15-20/h3-7,14-16H,8-13H2,1-2H3. The van der Waals surface area contributed by atoms with Gasteiger partial charge in [0.2, 0.25) is 0 Å². The highest BCUT2D eigenvalue weighted by atomic mass is 35.5. The van der Waals surface area contributed by atoms with Gasteiger partial charge in [-0.2, -0.15) is 0 Å². The maximum Gasteiger partial charge on any atom is 0.255 e. The number of rotatable bonds is 3. The fourth-order valence-corrected chi connectivity index (χ4v) is 4.74. The van der Waals surface area contributed by atoms with Crippen molar-refractivity contribution in [3.8, 4) is 17.2 Å². The molecule has 1 amide bonds. The topological polar surface area (TPSA) is 46.9 Å². The largest absolute Gasteiger partial charge is 0.486 e. The number of hydrogen-bond acceptors (Lipinski definition) is 4. The molecular weight excluding hydrogens is 426 g/mol. The Kier molecular flexibility index (Phi) is 5.47. The molecule has 0 atom stereocenters. The SMILES string of the molecule is Cc1cc(C(=O)N2CCN(c3cccc(Cl)c3)CC2)c(C)n1-c1ccc2c(c1)OCCO2. The van der Waals surface area contributed by atoms with Crippen LogP contribution in [0.3, 0.4) is 0 Å². The van der Waals surface area contributed by atoms with Gasteiger partial charge < -0.3 is 23.8 Å². The van der Waals surface area contributed by atoms with Crippen LogP contribution in [0, 0.1) is 13.8 Å². The number of aryl methyl sites for hydroxylation is 1. The van der Waals surface area contributed by atoms with Gasteiger partial charge in [0, 0.05) is 60.0 Å². The highest BCUT2D eigenvalue weighted by Gasteiger charge is 2.26. The van der Waals surface area contributed by atoms with Gasteiger partial charge in [-0.15, -0.1) is 0 Å². The third-order valence-corrected chi connectivity index (χ3v) is 6.42. The maximum absolute atomic E-state index is 13.4. The zero-order valence-electron chi connectivity index (χ0n) is 18.3. The second-order valence-electron chi connectivity index (χ2n) is 8.21. The van der Waals surface area contributed by atoms with Crippen molar-refractivity contribution >= 4 is 23.2 Å². The molecule has 5 rings (SSSR count). The molecule has 0 radical (unpaired) electrons. The summed E-state index contributed by atoms with van der Waals surface area (Å²) in [5, 5.41) is 0.729. The summed E-state index contributed by atoms with van der Waals surface area (Å²) in [6, 6.07) is 15.8. The normalized spacial score (nSPS) is 15.7. The highest BCUT2D eigenvalue weighted by Crippen LogP contribution is 2.33. The van der Waals surface area contributed by atoms with Crippen LogP contribution >= 0.6 is 11.6 Å². The zero-order valence-corrected chi connectivity index (χ0v) is 19.1. The molecule has 2 aliphatic rings. The molecule has 0 N–H and O–H groups in total. The van der Waals surface area contributed by atoms with Crippen molar-refractivity contribution in [2.75, 3.05) is 44.3 Å². The van der Waals surface area contributed by atoms with Crippen molar-refractivity contribution in [2.45, 2.75) is 13.8 Å². The van der Waals surface area contributed by atoms with Crippen LogP contribution in [0.1, 0.15) is 21.7 Å². The number of nitrogens with zero attached hydrogens (tertiary/aromatic N) is 3. The summed E-state index contributed by atoms with van der Waals surface area (Å²) in [5.41, 5.74) is 4.76. The number of carbonyl (C=O) groups excluding carboxylic acids is 1. The quantitative estimate of drug-likeness (QED) is 0.589. The van der Waals surface area contributed by atoms with Crippen LogP contribution in [-0.2, 0) is 0 Å². The van der Waals surface area contributed by atoms with Crippen LogP contribution in [-0.4, -0.2) is 54.8 Å². The molecule has 0 unspecified atom stereocenters. The van der Waals surface area contributed by atoms with Crippen molar-refractivity contribution in [2.24, 2.45) is 0 Å². The molecule has 1 fully saturated rings. The van der Waals surface area contributed by atoms with Crippen LogP contribution in [0.4, 0.5) is 5.69 Å². The molecule has 3 aromatic rings. The van der Waals surface area contributed by atoms with Gasteiger partial charge in [0.15, 0.2) is 11.5 Å². The van der Waals surface area contributed by atoms with E-state index in [4.69, 9.17) is 21.1 Å². The second-order valence-corrected chi connectivity index (χ2v) is 8.64. The average molecular weight is 452 g/mol. The van der Waals surface area contributed by atoms with Gasteiger partial charge in [0.25, 0.3) is 5.91 Å². The van der Waals surface area contributed by atoms with Crippen LogP contribution in [0.25, 0.3) is 5.69 Å². The van der Waals surface area contributed by atoms with Crippen molar-refractivity contribution in [3.63, 3.8) is 0 Å². The Labute approximate surface area is 192 Å². The van der Waals surface area contributed by atoms with Crippen molar-refractivity contribution in [1.29, 1.82) is 0 Å². The van der Waals surface area contributed by atoms with Gasteiger partial charge in [-0.05, 0) is 50.2 Å². The van der Waals surface area contributed by atoms with Gasteiger partial charge in [0.1, 0.15) is 13.2 Å². The molecule has 0 aliphatic carbocycles. The first-order valence-corrected chi connectivity index (χ1v) is 11.3. The van der Waals surface area contributed by atoms with Crippen LogP contribution < -0.4 is 14.4 Å². The van der Waals surface area contributed by atoms with Crippen molar-refractivity contribution in [3.05, 3.63) is 70.5 Å². The fourth-order valence-electron chi connectivity index (χ4n) is 4.56. The van der Waals surface area contributed by atoms with Crippen molar-refractivity contribution in [1.82, 2.24) is 9.47 Å². The number of hydrogen-bond donors (Lipinski definition) is 0. The number of fused-ring (bicyclic) bond motifs is 1. The molecule has 0 spiro atoms. The predicted octanol–water partition coefficient (Wildman–Crippen LogP) is 4.48. The summed E-state index contributed by atoms with van der Waals surface area (Å²) in [5.74, 6) is 1.58. The van der Waals surface area contributed by atoms with Crippen molar-refractivity contribution < 1.29 is 14.3 Å². The second kappa shape index (κ2) is 8.43. The van der Waals surface area contributed by atoms with Crippen LogP contribution in [0.15, 0.2) is 48.5 Å². The van der Waals surface area contributed by atoms with E-state index in [2.05, 4.69) is 15.5 Å². The van der Waals surface area contributed by atoms with E-state index < -0.39 is 0 Å². The first kappa shape index (κ1) is 20.8. The number of anilines is 1. The zero-order chi connectivity index (χ0) is 22.2.